The number of halogens is 6. The molecule has 160 valence electrons. The van der Waals surface area contributed by atoms with Crippen LogP contribution in [0.4, 0.5) is 13.2 Å². The number of benzene rings is 2. The average Bonchev–Trinajstić information content (AvgIpc) is 3.12. The van der Waals surface area contributed by atoms with Gasteiger partial charge in [-0.3, -0.25) is 4.79 Å². The first-order valence-electron chi connectivity index (χ1n) is 8.81. The molecule has 1 aliphatic heterocycles. The van der Waals surface area contributed by atoms with Crippen molar-refractivity contribution in [3.63, 3.8) is 0 Å². The molecule has 0 aromatic heterocycles. The Morgan fingerprint density at radius 2 is 1.87 bits per heavy atom. The average molecular weight is 480 g/mol. The van der Waals surface area contributed by atoms with Crippen molar-refractivity contribution >= 4 is 46.4 Å². The maximum atomic E-state index is 14.1. The second-order valence-electron chi connectivity index (χ2n) is 6.76. The number of amides is 1. The highest BCUT2D eigenvalue weighted by molar-refractivity contribution is 6.34. The van der Waals surface area contributed by atoms with Crippen LogP contribution in [0.2, 0.25) is 10.0 Å². The minimum atomic E-state index is -4.78. The molecule has 0 spiro atoms. The molecule has 0 saturated carbocycles. The normalized spacial score (nSPS) is 18.7. The standard InChI is InChI=1S/C20H16Cl3F3N2O2/c1-11-6-12(2-3-16(11)18(29)27-5-4-21)17-10-19(30-28-17,20(24,25)26)13-7-14(22)9-15(23)8-13/h2-3,6-9H,4-5,10H2,1H3,(H,27,29). The van der Waals surface area contributed by atoms with Gasteiger partial charge in [0.2, 0.25) is 0 Å². The Labute approximate surface area is 185 Å². The Kier molecular flexibility index (Phi) is 6.55. The predicted molar refractivity (Wildman–Crippen MR) is 111 cm³/mol. The summed E-state index contributed by atoms with van der Waals surface area (Å²) in [4.78, 5) is 17.1. The van der Waals surface area contributed by atoms with Crippen LogP contribution in [0.25, 0.3) is 0 Å². The van der Waals surface area contributed by atoms with Gasteiger partial charge in [-0.25, -0.2) is 0 Å². The molecule has 10 heteroatoms. The number of carbonyl (C=O) groups excluding carboxylic acids is 1. The van der Waals surface area contributed by atoms with E-state index in [1.54, 1.807) is 13.0 Å². The van der Waals surface area contributed by atoms with Gasteiger partial charge in [0.25, 0.3) is 11.5 Å². The van der Waals surface area contributed by atoms with E-state index in [0.29, 0.717) is 23.2 Å². The largest absolute Gasteiger partial charge is 0.435 e. The number of carbonyl (C=O) groups is 1. The lowest BCUT2D eigenvalue weighted by Gasteiger charge is -2.29. The molecule has 3 rings (SSSR count). The van der Waals surface area contributed by atoms with E-state index in [-0.39, 0.29) is 33.1 Å². The van der Waals surface area contributed by atoms with E-state index in [4.69, 9.17) is 39.6 Å². The molecule has 30 heavy (non-hydrogen) atoms. The number of alkyl halides is 4. The summed E-state index contributed by atoms with van der Waals surface area (Å²) in [7, 11) is 0. The molecule has 0 aliphatic carbocycles. The van der Waals surface area contributed by atoms with E-state index in [2.05, 4.69) is 10.5 Å². The lowest BCUT2D eigenvalue weighted by Crippen LogP contribution is -2.42. The molecule has 4 nitrogen and oxygen atoms in total. The minimum Gasteiger partial charge on any atom is -0.374 e. The monoisotopic (exact) mass is 478 g/mol. The summed E-state index contributed by atoms with van der Waals surface area (Å²) < 4.78 is 42.2. The molecule has 2 aromatic rings. The highest BCUT2D eigenvalue weighted by Crippen LogP contribution is 2.49. The van der Waals surface area contributed by atoms with Gasteiger partial charge in [0.15, 0.2) is 0 Å². The van der Waals surface area contributed by atoms with E-state index in [1.165, 1.54) is 18.2 Å². The van der Waals surface area contributed by atoms with Crippen molar-refractivity contribution in [3.05, 3.63) is 68.7 Å². The zero-order chi connectivity index (χ0) is 22.1. The van der Waals surface area contributed by atoms with Crippen molar-refractivity contribution in [2.24, 2.45) is 5.16 Å². The van der Waals surface area contributed by atoms with Crippen LogP contribution >= 0.6 is 34.8 Å². The Morgan fingerprint density at radius 3 is 2.43 bits per heavy atom. The summed E-state index contributed by atoms with van der Waals surface area (Å²) in [5.41, 5.74) is -1.45. The number of oxime groups is 1. The van der Waals surface area contributed by atoms with Gasteiger partial charge < -0.3 is 10.2 Å². The van der Waals surface area contributed by atoms with Crippen molar-refractivity contribution in [1.29, 1.82) is 0 Å². The first kappa shape index (κ1) is 22.7. The number of hydrogen-bond acceptors (Lipinski definition) is 3. The number of rotatable bonds is 5. The van der Waals surface area contributed by atoms with Gasteiger partial charge in [0, 0.05) is 40.0 Å². The van der Waals surface area contributed by atoms with Crippen LogP contribution in [0.3, 0.4) is 0 Å². The summed E-state index contributed by atoms with van der Waals surface area (Å²) in [5, 5.41) is 6.48. The SMILES string of the molecule is Cc1cc(C2=NOC(c3cc(Cl)cc(Cl)c3)(C(F)(F)F)C2)ccc1C(=O)NCCCl. The third-order valence-electron chi connectivity index (χ3n) is 4.70. The van der Waals surface area contributed by atoms with Crippen LogP contribution < -0.4 is 5.32 Å². The Hall–Kier alpha value is -1.96. The first-order valence-corrected chi connectivity index (χ1v) is 10.1. The number of hydrogen-bond donors (Lipinski definition) is 1. The van der Waals surface area contributed by atoms with E-state index >= 15 is 0 Å². The van der Waals surface area contributed by atoms with Crippen molar-refractivity contribution in [3.8, 4) is 0 Å². The summed E-state index contributed by atoms with van der Waals surface area (Å²) in [5.74, 6) is -0.0492. The van der Waals surface area contributed by atoms with Crippen LogP contribution in [0.1, 0.15) is 33.5 Å². The Balaban J connectivity index is 1.93. The van der Waals surface area contributed by atoms with Crippen molar-refractivity contribution < 1.29 is 22.8 Å². The fourth-order valence-corrected chi connectivity index (χ4v) is 3.82. The fraction of sp³-hybridized carbons (Fsp3) is 0.300. The fourth-order valence-electron chi connectivity index (χ4n) is 3.20. The molecule has 1 amide bonds. The third-order valence-corrected chi connectivity index (χ3v) is 5.32. The van der Waals surface area contributed by atoms with Gasteiger partial charge in [0.1, 0.15) is 0 Å². The maximum absolute atomic E-state index is 14.1. The highest BCUT2D eigenvalue weighted by Gasteiger charge is 2.62. The second kappa shape index (κ2) is 8.65. The minimum absolute atomic E-state index is 0.0568. The van der Waals surface area contributed by atoms with Gasteiger partial charge >= 0.3 is 6.18 Å². The zero-order valence-corrected chi connectivity index (χ0v) is 17.9. The van der Waals surface area contributed by atoms with Crippen molar-refractivity contribution in [2.75, 3.05) is 12.4 Å². The number of nitrogens with zero attached hydrogens (tertiary/aromatic N) is 1. The molecule has 0 saturated heterocycles. The molecule has 1 aliphatic rings. The predicted octanol–water partition coefficient (Wildman–Crippen LogP) is 5.85. The molecule has 0 radical (unpaired) electrons. The lowest BCUT2D eigenvalue weighted by atomic mass is 9.86. The summed E-state index contributed by atoms with van der Waals surface area (Å²) in [6.45, 7) is 1.99. The molecular weight excluding hydrogens is 464 g/mol. The topological polar surface area (TPSA) is 50.7 Å². The number of nitrogens with one attached hydrogen (secondary N) is 1. The van der Waals surface area contributed by atoms with E-state index in [9.17, 15) is 18.0 Å². The quantitative estimate of drug-likeness (QED) is 0.547. The van der Waals surface area contributed by atoms with Crippen molar-refractivity contribution in [1.82, 2.24) is 5.32 Å². The van der Waals surface area contributed by atoms with Gasteiger partial charge in [-0.2, -0.15) is 13.2 Å². The van der Waals surface area contributed by atoms with Crippen LogP contribution in [0, 0.1) is 6.92 Å². The summed E-state index contributed by atoms with van der Waals surface area (Å²) in [6, 6.07) is 8.31. The van der Waals surface area contributed by atoms with Crippen molar-refractivity contribution in [2.45, 2.75) is 25.1 Å². The van der Waals surface area contributed by atoms with Crippen LogP contribution in [-0.4, -0.2) is 30.2 Å². The maximum Gasteiger partial charge on any atom is 0.435 e. The number of aryl methyl sites for hydroxylation is 1. The summed E-state index contributed by atoms with van der Waals surface area (Å²) >= 11 is 17.4. The van der Waals surface area contributed by atoms with Gasteiger partial charge in [-0.1, -0.05) is 34.4 Å². The Morgan fingerprint density at radius 1 is 1.20 bits per heavy atom. The molecule has 2 aromatic carbocycles. The van der Waals surface area contributed by atoms with Crippen LogP contribution in [-0.2, 0) is 10.4 Å². The molecule has 1 atom stereocenters. The highest BCUT2D eigenvalue weighted by atomic mass is 35.5. The van der Waals surface area contributed by atoms with E-state index in [1.807, 2.05) is 0 Å². The molecule has 1 unspecified atom stereocenters. The molecule has 1 heterocycles. The Bertz CT molecular complexity index is 991. The lowest BCUT2D eigenvalue weighted by molar-refractivity contribution is -0.275. The van der Waals surface area contributed by atoms with Crippen LogP contribution in [0.15, 0.2) is 41.6 Å². The molecule has 1 N–H and O–H groups in total. The smallest absolute Gasteiger partial charge is 0.374 e. The van der Waals surface area contributed by atoms with Crippen LogP contribution in [0.5, 0.6) is 0 Å². The van der Waals surface area contributed by atoms with Gasteiger partial charge in [0.05, 0.1) is 5.71 Å². The zero-order valence-electron chi connectivity index (χ0n) is 15.6. The van der Waals surface area contributed by atoms with E-state index in [0.717, 1.165) is 12.1 Å². The first-order chi connectivity index (χ1) is 14.1. The molecule has 0 fully saturated rings. The molecule has 0 bridgehead atoms. The van der Waals surface area contributed by atoms with E-state index < -0.39 is 18.2 Å². The third kappa shape index (κ3) is 4.38. The van der Waals surface area contributed by atoms with Gasteiger partial charge in [-0.15, -0.1) is 11.6 Å². The van der Waals surface area contributed by atoms with Gasteiger partial charge in [-0.05, 0) is 48.4 Å². The second-order valence-corrected chi connectivity index (χ2v) is 8.01. The molecular formula is C20H16Cl3F3N2O2. The summed E-state index contributed by atoms with van der Waals surface area (Å²) in [6.07, 6.45) is -5.34.